The molecule has 5 heteroatoms. The van der Waals surface area contributed by atoms with Crippen molar-refractivity contribution >= 4 is 0 Å². The SMILES string of the molecule is CCOCC(O)COCCOCCO. The van der Waals surface area contributed by atoms with E-state index in [2.05, 4.69) is 0 Å². The maximum atomic E-state index is 9.25. The van der Waals surface area contributed by atoms with E-state index in [9.17, 15) is 5.11 Å². The Morgan fingerprint density at radius 3 is 2.29 bits per heavy atom. The van der Waals surface area contributed by atoms with Crippen molar-refractivity contribution in [3.8, 4) is 0 Å². The van der Waals surface area contributed by atoms with Crippen molar-refractivity contribution in [2.75, 3.05) is 46.2 Å². The third-order valence-electron chi connectivity index (χ3n) is 1.43. The van der Waals surface area contributed by atoms with E-state index >= 15 is 0 Å². The first-order valence-electron chi connectivity index (χ1n) is 4.83. The Labute approximate surface area is 84.6 Å². The van der Waals surface area contributed by atoms with E-state index in [1.165, 1.54) is 0 Å². The van der Waals surface area contributed by atoms with E-state index < -0.39 is 6.10 Å². The summed E-state index contributed by atoms with van der Waals surface area (Å²) in [4.78, 5) is 0. The molecule has 5 nitrogen and oxygen atoms in total. The fraction of sp³-hybridized carbons (Fsp3) is 1.00. The van der Waals surface area contributed by atoms with Crippen LogP contribution in [0, 0.1) is 0 Å². The summed E-state index contributed by atoms with van der Waals surface area (Å²) in [5.74, 6) is 0. The van der Waals surface area contributed by atoms with Crippen LogP contribution in [-0.4, -0.2) is 62.6 Å². The number of ether oxygens (including phenoxy) is 3. The lowest BCUT2D eigenvalue weighted by Gasteiger charge is -2.10. The van der Waals surface area contributed by atoms with Gasteiger partial charge in [0.15, 0.2) is 0 Å². The maximum Gasteiger partial charge on any atom is 0.101 e. The fourth-order valence-corrected chi connectivity index (χ4v) is 0.806. The van der Waals surface area contributed by atoms with E-state index in [1.54, 1.807) is 0 Å². The van der Waals surface area contributed by atoms with E-state index in [4.69, 9.17) is 19.3 Å². The Kier molecular flexibility index (Phi) is 10.7. The minimum Gasteiger partial charge on any atom is -0.394 e. The molecule has 14 heavy (non-hydrogen) atoms. The summed E-state index contributed by atoms with van der Waals surface area (Å²) in [7, 11) is 0. The zero-order valence-electron chi connectivity index (χ0n) is 8.65. The van der Waals surface area contributed by atoms with Crippen LogP contribution < -0.4 is 0 Å². The molecular formula is C9H20O5. The second-order valence-corrected chi connectivity index (χ2v) is 2.72. The van der Waals surface area contributed by atoms with E-state index in [0.717, 1.165) is 0 Å². The largest absolute Gasteiger partial charge is 0.394 e. The van der Waals surface area contributed by atoms with Crippen LogP contribution in [0.2, 0.25) is 0 Å². The van der Waals surface area contributed by atoms with Crippen LogP contribution in [0.5, 0.6) is 0 Å². The van der Waals surface area contributed by atoms with Gasteiger partial charge in [-0.25, -0.2) is 0 Å². The van der Waals surface area contributed by atoms with E-state index in [-0.39, 0.29) is 13.2 Å². The first-order valence-corrected chi connectivity index (χ1v) is 4.83. The van der Waals surface area contributed by atoms with Crippen LogP contribution >= 0.6 is 0 Å². The summed E-state index contributed by atoms with van der Waals surface area (Å²) in [6, 6.07) is 0. The topological polar surface area (TPSA) is 68.2 Å². The standard InChI is InChI=1S/C9H20O5/c1-2-12-7-9(11)8-14-6-5-13-4-3-10/h9-11H,2-8H2,1H3. The van der Waals surface area contributed by atoms with E-state index in [0.29, 0.717) is 33.0 Å². The van der Waals surface area contributed by atoms with Gasteiger partial charge in [0, 0.05) is 6.61 Å². The van der Waals surface area contributed by atoms with Gasteiger partial charge in [-0.15, -0.1) is 0 Å². The van der Waals surface area contributed by atoms with Crippen molar-refractivity contribution in [3.63, 3.8) is 0 Å². The summed E-state index contributed by atoms with van der Waals surface area (Å²) < 4.78 is 15.1. The van der Waals surface area contributed by atoms with Gasteiger partial charge in [-0.2, -0.15) is 0 Å². The predicted molar refractivity (Wildman–Crippen MR) is 51.2 cm³/mol. The van der Waals surface area contributed by atoms with Gasteiger partial charge in [-0.05, 0) is 6.92 Å². The summed E-state index contributed by atoms with van der Waals surface area (Å²) in [5.41, 5.74) is 0. The van der Waals surface area contributed by atoms with Crippen LogP contribution in [0.3, 0.4) is 0 Å². The molecule has 1 atom stereocenters. The monoisotopic (exact) mass is 208 g/mol. The maximum absolute atomic E-state index is 9.25. The number of hydrogen-bond acceptors (Lipinski definition) is 5. The predicted octanol–water partition coefficient (Wildman–Crippen LogP) is -0.591. The Balaban J connectivity index is 3.02. The van der Waals surface area contributed by atoms with Gasteiger partial charge >= 0.3 is 0 Å². The molecule has 0 aliphatic carbocycles. The van der Waals surface area contributed by atoms with Gasteiger partial charge < -0.3 is 24.4 Å². The summed E-state index contributed by atoms with van der Waals surface area (Å²) in [5, 5.41) is 17.6. The quantitative estimate of drug-likeness (QED) is 0.470. The number of aliphatic hydroxyl groups is 2. The normalized spacial score (nSPS) is 13.1. The lowest BCUT2D eigenvalue weighted by Crippen LogP contribution is -2.22. The molecule has 0 saturated heterocycles. The Morgan fingerprint density at radius 2 is 1.64 bits per heavy atom. The summed E-state index contributed by atoms with van der Waals surface area (Å²) in [6.07, 6.45) is -0.576. The molecule has 1 unspecified atom stereocenters. The lowest BCUT2D eigenvalue weighted by atomic mass is 10.4. The third-order valence-corrected chi connectivity index (χ3v) is 1.43. The van der Waals surface area contributed by atoms with Crippen molar-refractivity contribution in [3.05, 3.63) is 0 Å². The molecular weight excluding hydrogens is 188 g/mol. The molecule has 0 aromatic rings. The van der Waals surface area contributed by atoms with Crippen LogP contribution in [-0.2, 0) is 14.2 Å². The molecule has 86 valence electrons. The average molecular weight is 208 g/mol. The smallest absolute Gasteiger partial charge is 0.101 e. The Morgan fingerprint density at radius 1 is 1.00 bits per heavy atom. The highest BCUT2D eigenvalue weighted by Crippen LogP contribution is 1.88. The Bertz CT molecular complexity index is 109. The van der Waals surface area contributed by atoms with Crippen LogP contribution in [0.25, 0.3) is 0 Å². The highest BCUT2D eigenvalue weighted by Gasteiger charge is 2.02. The summed E-state index contributed by atoms with van der Waals surface area (Å²) >= 11 is 0. The molecule has 0 aromatic carbocycles. The number of aliphatic hydroxyl groups excluding tert-OH is 2. The minimum atomic E-state index is -0.576. The molecule has 0 fully saturated rings. The molecule has 0 amide bonds. The fourth-order valence-electron chi connectivity index (χ4n) is 0.806. The van der Waals surface area contributed by atoms with Crippen molar-refractivity contribution < 1.29 is 24.4 Å². The molecule has 0 rings (SSSR count). The number of hydrogen-bond donors (Lipinski definition) is 2. The minimum absolute atomic E-state index is 0.0208. The highest BCUT2D eigenvalue weighted by molar-refractivity contribution is 4.50. The second-order valence-electron chi connectivity index (χ2n) is 2.72. The first kappa shape index (κ1) is 13.8. The molecule has 0 heterocycles. The van der Waals surface area contributed by atoms with Crippen LogP contribution in [0.1, 0.15) is 6.92 Å². The number of rotatable bonds is 10. The first-order chi connectivity index (χ1) is 6.81. The van der Waals surface area contributed by atoms with Gasteiger partial charge in [0.05, 0.1) is 39.6 Å². The third kappa shape index (κ3) is 9.88. The summed E-state index contributed by atoms with van der Waals surface area (Å²) in [6.45, 7) is 4.21. The van der Waals surface area contributed by atoms with Gasteiger partial charge in [-0.3, -0.25) is 0 Å². The van der Waals surface area contributed by atoms with Gasteiger partial charge in [0.1, 0.15) is 6.10 Å². The van der Waals surface area contributed by atoms with Crippen molar-refractivity contribution in [1.29, 1.82) is 0 Å². The zero-order chi connectivity index (χ0) is 10.6. The molecule has 2 N–H and O–H groups in total. The second kappa shape index (κ2) is 10.9. The van der Waals surface area contributed by atoms with Gasteiger partial charge in [-0.1, -0.05) is 0 Å². The molecule has 0 aliphatic heterocycles. The molecule has 0 saturated carbocycles. The van der Waals surface area contributed by atoms with Crippen LogP contribution in [0.15, 0.2) is 0 Å². The molecule has 0 spiro atoms. The van der Waals surface area contributed by atoms with Gasteiger partial charge in [0.25, 0.3) is 0 Å². The van der Waals surface area contributed by atoms with Gasteiger partial charge in [0.2, 0.25) is 0 Å². The zero-order valence-corrected chi connectivity index (χ0v) is 8.65. The highest BCUT2D eigenvalue weighted by atomic mass is 16.5. The van der Waals surface area contributed by atoms with Crippen molar-refractivity contribution in [1.82, 2.24) is 0 Å². The van der Waals surface area contributed by atoms with Crippen molar-refractivity contribution in [2.45, 2.75) is 13.0 Å². The van der Waals surface area contributed by atoms with E-state index in [1.807, 2.05) is 6.92 Å². The molecule has 0 bridgehead atoms. The van der Waals surface area contributed by atoms with Crippen LogP contribution in [0.4, 0.5) is 0 Å². The van der Waals surface area contributed by atoms with Crippen molar-refractivity contribution in [2.24, 2.45) is 0 Å². The lowest BCUT2D eigenvalue weighted by molar-refractivity contribution is -0.0321. The molecule has 0 aliphatic rings. The molecule has 0 radical (unpaired) electrons. The molecule has 0 aromatic heterocycles. The average Bonchev–Trinajstić information content (AvgIpc) is 2.20. The Hall–Kier alpha value is -0.200.